The van der Waals surface area contributed by atoms with Crippen molar-refractivity contribution in [3.05, 3.63) is 162 Å². The molecule has 0 radical (unpaired) electrons. The zero-order valence-corrected chi connectivity index (χ0v) is 25.3. The molecule has 0 aliphatic rings. The molecule has 0 atom stereocenters. The molecule has 2 heteroatoms. The van der Waals surface area contributed by atoms with Gasteiger partial charge < -0.3 is 4.90 Å². The Bertz CT molecular complexity index is 2400. The number of benzene rings is 8. The Balaban J connectivity index is 1.41. The first kappa shape index (κ1) is 26.7. The van der Waals surface area contributed by atoms with Crippen molar-refractivity contribution in [2.24, 2.45) is 0 Å². The molecule has 2 nitrogen and oxygen atoms in total. The molecule has 8 rings (SSSR count). The second-order valence-corrected chi connectivity index (χ2v) is 11.8. The highest BCUT2D eigenvalue weighted by atomic mass is 15.1. The molecule has 8 aromatic rings. The fourth-order valence-corrected chi connectivity index (χ4v) is 6.76. The van der Waals surface area contributed by atoms with E-state index in [9.17, 15) is 5.26 Å². The molecule has 0 amide bonds. The van der Waals surface area contributed by atoms with E-state index in [0.717, 1.165) is 28.2 Å². The highest BCUT2D eigenvalue weighted by molar-refractivity contribution is 6.26. The molecule has 0 spiro atoms. The van der Waals surface area contributed by atoms with Crippen molar-refractivity contribution in [2.75, 3.05) is 4.90 Å². The van der Waals surface area contributed by atoms with Crippen LogP contribution in [-0.2, 0) is 0 Å². The Morgan fingerprint density at radius 3 is 1.84 bits per heavy atom. The van der Waals surface area contributed by atoms with Gasteiger partial charge in [0, 0.05) is 16.8 Å². The SMILES string of the molecule is Cc1ccc(-c2ccccc2)cc1N(c1cccc(-c2ccc(C#N)cc2)c1)c1ccc2ccc3c(C)ccc4ccc1c2c43. The van der Waals surface area contributed by atoms with Crippen molar-refractivity contribution in [3.8, 4) is 28.3 Å². The van der Waals surface area contributed by atoms with E-state index in [1.807, 2.05) is 24.3 Å². The lowest BCUT2D eigenvalue weighted by molar-refractivity contribution is 1.26. The molecule has 0 aliphatic carbocycles. The topological polar surface area (TPSA) is 27.0 Å². The van der Waals surface area contributed by atoms with Crippen LogP contribution < -0.4 is 4.90 Å². The van der Waals surface area contributed by atoms with Gasteiger partial charge in [-0.05, 0) is 111 Å². The number of nitriles is 1. The van der Waals surface area contributed by atoms with Crippen molar-refractivity contribution in [2.45, 2.75) is 13.8 Å². The molecule has 0 bridgehead atoms. The second-order valence-electron chi connectivity index (χ2n) is 11.8. The van der Waals surface area contributed by atoms with Crippen LogP contribution in [0.4, 0.5) is 17.1 Å². The summed E-state index contributed by atoms with van der Waals surface area (Å²) in [7, 11) is 0. The number of hydrogen-bond donors (Lipinski definition) is 0. The summed E-state index contributed by atoms with van der Waals surface area (Å²) in [6, 6.07) is 54.3. The molecule has 0 heterocycles. The number of rotatable bonds is 5. The summed E-state index contributed by atoms with van der Waals surface area (Å²) in [5, 5.41) is 17.0. The Morgan fingerprint density at radius 1 is 0.467 bits per heavy atom. The second kappa shape index (κ2) is 10.7. The summed E-state index contributed by atoms with van der Waals surface area (Å²) in [6.07, 6.45) is 0. The van der Waals surface area contributed by atoms with Gasteiger partial charge in [-0.1, -0.05) is 109 Å². The monoisotopic (exact) mass is 574 g/mol. The van der Waals surface area contributed by atoms with Crippen molar-refractivity contribution in [1.82, 2.24) is 0 Å². The van der Waals surface area contributed by atoms with E-state index in [4.69, 9.17) is 0 Å². The van der Waals surface area contributed by atoms with Crippen molar-refractivity contribution in [1.29, 1.82) is 5.26 Å². The van der Waals surface area contributed by atoms with Gasteiger partial charge >= 0.3 is 0 Å². The van der Waals surface area contributed by atoms with Gasteiger partial charge in [-0.15, -0.1) is 0 Å². The number of hydrogen-bond acceptors (Lipinski definition) is 2. The molecular weight excluding hydrogens is 544 g/mol. The van der Waals surface area contributed by atoms with Crippen molar-refractivity contribution in [3.63, 3.8) is 0 Å². The lowest BCUT2D eigenvalue weighted by atomic mass is 9.91. The smallest absolute Gasteiger partial charge is 0.0991 e. The molecule has 0 aromatic heterocycles. The minimum atomic E-state index is 0.661. The third kappa shape index (κ3) is 4.49. The van der Waals surface area contributed by atoms with Crippen LogP contribution in [0, 0.1) is 25.2 Å². The lowest BCUT2D eigenvalue weighted by Crippen LogP contribution is -2.12. The molecule has 0 N–H and O–H groups in total. The minimum Gasteiger partial charge on any atom is -0.310 e. The van der Waals surface area contributed by atoms with Crippen LogP contribution in [0.5, 0.6) is 0 Å². The third-order valence-corrected chi connectivity index (χ3v) is 9.11. The summed E-state index contributed by atoms with van der Waals surface area (Å²) < 4.78 is 0. The van der Waals surface area contributed by atoms with Gasteiger partial charge in [0.25, 0.3) is 0 Å². The average Bonchev–Trinajstić information content (AvgIpc) is 3.10. The molecule has 8 aromatic carbocycles. The maximum atomic E-state index is 9.35. The van der Waals surface area contributed by atoms with Crippen LogP contribution in [0.1, 0.15) is 16.7 Å². The fraction of sp³-hybridized carbons (Fsp3) is 0.0465. The van der Waals surface area contributed by atoms with E-state index in [-0.39, 0.29) is 0 Å². The first-order chi connectivity index (χ1) is 22.1. The number of aryl methyl sites for hydroxylation is 2. The molecule has 0 saturated heterocycles. The maximum Gasteiger partial charge on any atom is 0.0991 e. The minimum absolute atomic E-state index is 0.661. The van der Waals surface area contributed by atoms with Crippen LogP contribution in [0.15, 0.2) is 146 Å². The average molecular weight is 575 g/mol. The van der Waals surface area contributed by atoms with E-state index >= 15 is 0 Å². The van der Waals surface area contributed by atoms with Crippen LogP contribution >= 0.6 is 0 Å². The first-order valence-electron chi connectivity index (χ1n) is 15.3. The van der Waals surface area contributed by atoms with Crippen LogP contribution in [-0.4, -0.2) is 0 Å². The molecule has 212 valence electrons. The Morgan fingerprint density at radius 2 is 1.07 bits per heavy atom. The van der Waals surface area contributed by atoms with E-state index < -0.39 is 0 Å². The summed E-state index contributed by atoms with van der Waals surface area (Å²) in [4.78, 5) is 2.42. The summed E-state index contributed by atoms with van der Waals surface area (Å²) in [5.74, 6) is 0. The number of anilines is 3. The fourth-order valence-electron chi connectivity index (χ4n) is 6.76. The highest BCUT2D eigenvalue weighted by Crippen LogP contribution is 2.46. The standard InChI is InChI=1S/C43H30N2/c1-28-11-15-33-20-23-39-40(24-21-34-19-22-38(28)42(33)43(34)39)45(41-26-36(16-12-29(41)2)31-7-4-3-5-8-31)37-10-6-9-35(25-37)32-17-13-30(27-44)14-18-32/h3-26H,1-2H3. The lowest BCUT2D eigenvalue weighted by Gasteiger charge is -2.30. The van der Waals surface area contributed by atoms with E-state index in [1.165, 1.54) is 54.6 Å². The Kier molecular flexibility index (Phi) is 6.33. The largest absolute Gasteiger partial charge is 0.310 e. The highest BCUT2D eigenvalue weighted by Gasteiger charge is 2.21. The Labute approximate surface area is 263 Å². The van der Waals surface area contributed by atoms with Crippen molar-refractivity contribution < 1.29 is 0 Å². The van der Waals surface area contributed by atoms with Crippen LogP contribution in [0.2, 0.25) is 0 Å². The molecule has 45 heavy (non-hydrogen) atoms. The van der Waals surface area contributed by atoms with E-state index in [2.05, 4.69) is 146 Å². The molecule has 0 saturated carbocycles. The summed E-state index contributed by atoms with van der Waals surface area (Å²) in [6.45, 7) is 4.40. The summed E-state index contributed by atoms with van der Waals surface area (Å²) >= 11 is 0. The Hall–Kier alpha value is -5.91. The zero-order chi connectivity index (χ0) is 30.5. The first-order valence-corrected chi connectivity index (χ1v) is 15.3. The maximum absolute atomic E-state index is 9.35. The van der Waals surface area contributed by atoms with Gasteiger partial charge in [-0.3, -0.25) is 0 Å². The summed E-state index contributed by atoms with van der Waals surface area (Å²) in [5.41, 5.74) is 11.1. The molecular formula is C43H30N2. The zero-order valence-electron chi connectivity index (χ0n) is 25.3. The van der Waals surface area contributed by atoms with Gasteiger partial charge in [-0.2, -0.15) is 5.26 Å². The quantitative estimate of drug-likeness (QED) is 0.191. The van der Waals surface area contributed by atoms with Crippen molar-refractivity contribution >= 4 is 49.4 Å². The molecule has 0 aliphatic heterocycles. The predicted octanol–water partition coefficient (Wildman–Crippen LogP) is 11.9. The number of nitrogens with zero attached hydrogens (tertiary/aromatic N) is 2. The third-order valence-electron chi connectivity index (χ3n) is 9.11. The molecule has 0 fully saturated rings. The van der Waals surface area contributed by atoms with Gasteiger partial charge in [0.1, 0.15) is 0 Å². The normalized spacial score (nSPS) is 11.3. The van der Waals surface area contributed by atoms with Gasteiger partial charge in [0.15, 0.2) is 0 Å². The van der Waals surface area contributed by atoms with E-state index in [1.54, 1.807) is 0 Å². The van der Waals surface area contributed by atoms with Gasteiger partial charge in [-0.25, -0.2) is 0 Å². The predicted molar refractivity (Wildman–Crippen MR) is 190 cm³/mol. The van der Waals surface area contributed by atoms with Gasteiger partial charge in [0.2, 0.25) is 0 Å². The van der Waals surface area contributed by atoms with Gasteiger partial charge in [0.05, 0.1) is 17.3 Å². The molecule has 0 unspecified atom stereocenters. The van der Waals surface area contributed by atoms with Crippen LogP contribution in [0.3, 0.4) is 0 Å². The van der Waals surface area contributed by atoms with Crippen LogP contribution in [0.25, 0.3) is 54.6 Å². The van der Waals surface area contributed by atoms with E-state index in [0.29, 0.717) is 5.56 Å².